The maximum Gasteiger partial charge on any atom is 0.234 e. The third-order valence-electron chi connectivity index (χ3n) is 25.5. The van der Waals surface area contributed by atoms with E-state index in [2.05, 4.69) is 32.2 Å². The van der Waals surface area contributed by atoms with E-state index in [1.165, 1.54) is 10.8 Å². The van der Waals surface area contributed by atoms with Gasteiger partial charge in [0, 0.05) is 73.2 Å². The van der Waals surface area contributed by atoms with Crippen molar-refractivity contribution < 1.29 is 65.0 Å². The number of hydrogen-bond donors (Lipinski definition) is 10. The third kappa shape index (κ3) is 8.34. The number of hydrogen-bond acceptors (Lipinski definition) is 16. The van der Waals surface area contributed by atoms with Gasteiger partial charge in [-0.2, -0.15) is 0 Å². The zero-order chi connectivity index (χ0) is 57.5. The van der Waals surface area contributed by atoms with Gasteiger partial charge in [0.2, 0.25) is 5.91 Å². The van der Waals surface area contributed by atoms with E-state index in [0.717, 1.165) is 61.3 Å². The normalized spacial score (nSPS) is 47.4. The number of benzene rings is 1. The maximum atomic E-state index is 16.5. The van der Waals surface area contributed by atoms with Crippen molar-refractivity contribution in [3.63, 3.8) is 0 Å². The molecule has 1 aromatic carbocycles. The first-order chi connectivity index (χ1) is 38.5. The van der Waals surface area contributed by atoms with Crippen molar-refractivity contribution in [2.24, 2.45) is 74.4 Å². The summed E-state index contributed by atoms with van der Waals surface area (Å²) in [5.41, 5.74) is -11.3. The van der Waals surface area contributed by atoms with Crippen molar-refractivity contribution in [1.82, 2.24) is 5.32 Å². The van der Waals surface area contributed by atoms with Gasteiger partial charge in [0.15, 0.2) is 5.78 Å². The molecule has 1 aromatic rings. The molecule has 0 aromatic heterocycles. The number of aliphatic hydroxyl groups is 8. The lowest BCUT2D eigenvalue weighted by Gasteiger charge is -2.68. The van der Waals surface area contributed by atoms with Crippen molar-refractivity contribution >= 4 is 39.0 Å². The minimum atomic E-state index is -2.03. The summed E-state index contributed by atoms with van der Waals surface area (Å²) in [6.45, 7) is 8.74. The van der Waals surface area contributed by atoms with E-state index in [1.54, 1.807) is 30.2 Å². The molecular formula is C64H94N2O13S2. The topological polar surface area (TPSA) is 253 Å². The largest absolute Gasteiger partial charge is 0.508 e. The molecule has 15 nitrogen and oxygen atoms in total. The molecule has 1 amide bonds. The second kappa shape index (κ2) is 21.1. The molecule has 0 unspecified atom stereocenters. The second-order valence-electron chi connectivity index (χ2n) is 28.9. The summed E-state index contributed by atoms with van der Waals surface area (Å²) >= 11 is 0. The lowest BCUT2D eigenvalue weighted by Crippen LogP contribution is -2.72. The highest BCUT2D eigenvalue weighted by molar-refractivity contribution is 8.76. The van der Waals surface area contributed by atoms with Crippen LogP contribution < -0.4 is 10.2 Å². The average Bonchev–Trinajstić information content (AvgIpc) is 3.01. The Balaban J connectivity index is 1.01. The third-order valence-corrected chi connectivity index (χ3v) is 28.1. The minimum absolute atomic E-state index is 0.0327. The van der Waals surface area contributed by atoms with Crippen LogP contribution >= 0.6 is 21.6 Å². The van der Waals surface area contributed by atoms with Crippen LogP contribution in [-0.2, 0) is 25.5 Å². The standard InChI is InChI=1S/C64H94N2O13S2/c1-37(2)38(3)51-53(79-51)62(76)20-9-13-41-27-46-47-29-49(70)61(30-50(71)59(75,36-68)34-56(46,61)4)55(74)81-80-33-43-12-8-11-42(32-67)64(43)54(73)66(44-25-39(26-45(69)28-44)14-22-60(41)48(62)16-23-63(47,60)77)35-58(64)21-15-40(52(58)72)31-65-57(17-6-7-18-57)19-10-24-78-5/h9,13,25-26,28-29,37-38,40-43,46,48,50-53,55,65,67-69,71-72,74-77H,6-8,10-12,14-24,27,30-36H2,1-5H3/t38-,40-,41+,42+,43+,46+,48+,50-,51+,52-,53-,55-,56-,58-,59-,60-,61+,62-,63-,64+/m1/s1. The number of aliphatic hydroxyl groups excluding tert-OH is 5. The number of methoxy groups -OCH3 is 1. The van der Waals surface area contributed by atoms with Gasteiger partial charge in [-0.15, -0.1) is 0 Å². The predicted octanol–water partition coefficient (Wildman–Crippen LogP) is 6.76. The number of nitrogens with one attached hydrogen (secondary N) is 1. The van der Waals surface area contributed by atoms with Gasteiger partial charge in [0.1, 0.15) is 28.5 Å². The van der Waals surface area contributed by atoms with Gasteiger partial charge in [-0.05, 0) is 179 Å². The molecule has 8 aliphatic carbocycles. The highest BCUT2D eigenvalue weighted by atomic mass is 33.1. The van der Waals surface area contributed by atoms with Gasteiger partial charge in [-0.1, -0.05) is 80.7 Å². The number of anilines is 1. The lowest BCUT2D eigenvalue weighted by molar-refractivity contribution is -0.235. The van der Waals surface area contributed by atoms with Gasteiger partial charge >= 0.3 is 0 Å². The number of carbonyl (C=O) groups is 2. The lowest BCUT2D eigenvalue weighted by atomic mass is 9.38. The summed E-state index contributed by atoms with van der Waals surface area (Å²) in [5, 5.41) is 117. The number of phenols is 1. The summed E-state index contributed by atoms with van der Waals surface area (Å²) in [4.78, 5) is 34.2. The highest BCUT2D eigenvalue weighted by Gasteiger charge is 2.79. The molecular weight excluding hydrogens is 1070 g/mol. The summed E-state index contributed by atoms with van der Waals surface area (Å²) in [6, 6.07) is 5.34. The second-order valence-corrected chi connectivity index (χ2v) is 31.4. The molecule has 5 heterocycles. The van der Waals surface area contributed by atoms with Gasteiger partial charge in [-0.25, -0.2) is 0 Å². The number of phenolic OH excluding ortho intramolecular Hbond substituents is 1. The number of aryl methyl sites for hydroxylation is 1. The van der Waals surface area contributed by atoms with E-state index < -0.39 is 104 Å². The number of fused-ring (bicyclic) bond motifs is 1. The molecule has 0 radical (unpaired) electrons. The van der Waals surface area contributed by atoms with Gasteiger partial charge < -0.3 is 65.6 Å². The number of ether oxygens (including phenoxy) is 2. The number of carbonyl (C=O) groups excluding carboxylic acids is 2. The Morgan fingerprint density at radius 1 is 0.951 bits per heavy atom. The monoisotopic (exact) mass is 1160 g/mol. The van der Waals surface area contributed by atoms with Crippen LogP contribution in [-0.4, -0.2) is 156 Å². The molecule has 6 saturated carbocycles. The van der Waals surface area contributed by atoms with Crippen LogP contribution in [0.15, 0.2) is 42.0 Å². The molecule has 81 heavy (non-hydrogen) atoms. The van der Waals surface area contributed by atoms with Crippen molar-refractivity contribution in [3.8, 4) is 5.75 Å². The predicted molar refractivity (Wildman–Crippen MR) is 311 cm³/mol. The van der Waals surface area contributed by atoms with Crippen LogP contribution in [0.1, 0.15) is 149 Å². The number of aromatic hydroxyl groups is 1. The van der Waals surface area contributed by atoms with E-state index in [1.807, 2.05) is 19.1 Å². The van der Waals surface area contributed by atoms with Crippen molar-refractivity contribution in [3.05, 3.63) is 47.6 Å². The van der Waals surface area contributed by atoms with Gasteiger partial charge in [0.25, 0.3) is 0 Å². The zero-order valence-corrected chi connectivity index (χ0v) is 50.2. The summed E-state index contributed by atoms with van der Waals surface area (Å²) in [6.07, 6.45) is 13.3. The number of amides is 1. The Kier molecular flexibility index (Phi) is 15.4. The fraction of sp³-hybridized carbons (Fsp3) is 0.812. The fourth-order valence-electron chi connectivity index (χ4n) is 21.1. The van der Waals surface area contributed by atoms with E-state index in [-0.39, 0.29) is 85.8 Å². The molecule has 8 fully saturated rings. The van der Waals surface area contributed by atoms with Gasteiger partial charge in [0.05, 0.1) is 41.3 Å². The van der Waals surface area contributed by atoms with E-state index in [0.29, 0.717) is 81.5 Å². The Morgan fingerprint density at radius 2 is 1.73 bits per heavy atom. The number of allylic oxidation sites excluding steroid dienone is 2. The van der Waals surface area contributed by atoms with Crippen LogP contribution in [0.25, 0.3) is 0 Å². The van der Waals surface area contributed by atoms with Crippen LogP contribution in [0.4, 0.5) is 5.69 Å². The quantitative estimate of drug-likeness (QED) is 0.0449. The molecule has 8 bridgehead atoms. The van der Waals surface area contributed by atoms with E-state index >= 15 is 9.59 Å². The van der Waals surface area contributed by atoms with Crippen LogP contribution in [0.2, 0.25) is 0 Å². The van der Waals surface area contributed by atoms with Crippen LogP contribution in [0, 0.1) is 74.4 Å². The SMILES string of the molecule is COCCCC1(NC[C@H]2CC[C@@]3(CN4C(=O)[C@@]35[C@H](CO)CCC[C@H]5CSS[C@@H](O)[C@@]35C[C@@H](O)[C@](O)(CO)C[C@]3(C)[C@H]3C[C@@H]6C=CC[C@](O)([C@@H]7O[C@H]7[C@H](C)C(C)C)[C@H]7CC[C@@](O)(C3=CC5=O)[C@@]76CCc3cc(O)cc4c3)[C@@H]2O)CCCC1. The molecule has 10 N–H and O–H groups in total. The molecule has 5 aliphatic heterocycles. The number of nitrogens with zero attached hydrogens (tertiary/aromatic N) is 1. The molecule has 17 heteroatoms. The maximum absolute atomic E-state index is 16.5. The first kappa shape index (κ1) is 59.2. The van der Waals surface area contributed by atoms with Crippen molar-refractivity contribution in [2.45, 2.75) is 202 Å². The van der Waals surface area contributed by atoms with E-state index in [9.17, 15) is 46.0 Å². The number of rotatable bonds is 12. The Labute approximate surface area is 487 Å². The van der Waals surface area contributed by atoms with Crippen LogP contribution in [0.3, 0.4) is 0 Å². The van der Waals surface area contributed by atoms with Gasteiger partial charge in [-0.3, -0.25) is 9.59 Å². The summed E-state index contributed by atoms with van der Waals surface area (Å²) < 4.78 is 12.0. The van der Waals surface area contributed by atoms with E-state index in [4.69, 9.17) is 9.47 Å². The fourth-order valence-corrected chi connectivity index (χ4v) is 24.2. The smallest absolute Gasteiger partial charge is 0.234 e. The first-order valence-corrected chi connectivity index (χ1v) is 33.6. The van der Waals surface area contributed by atoms with Crippen molar-refractivity contribution in [1.29, 1.82) is 0 Å². The Bertz CT molecular complexity index is 2650. The highest BCUT2D eigenvalue weighted by Crippen LogP contribution is 2.77. The molecule has 20 atom stereocenters. The Morgan fingerprint density at radius 3 is 2.46 bits per heavy atom. The van der Waals surface area contributed by atoms with Crippen LogP contribution in [0.5, 0.6) is 5.75 Å². The summed E-state index contributed by atoms with van der Waals surface area (Å²) in [5.74, 6) is -2.54. The van der Waals surface area contributed by atoms with Crippen molar-refractivity contribution in [2.75, 3.05) is 50.7 Å². The zero-order valence-electron chi connectivity index (χ0n) is 48.6. The molecule has 2 saturated heterocycles. The molecule has 450 valence electrons. The molecule has 14 rings (SSSR count). The molecule has 13 aliphatic rings. The first-order valence-electron chi connectivity index (χ1n) is 31.2. The minimum Gasteiger partial charge on any atom is -0.508 e. The summed E-state index contributed by atoms with van der Waals surface area (Å²) in [7, 11) is 4.22. The average molecular weight is 1160 g/mol. The molecule has 4 spiro atoms. The number of epoxide rings is 1. The Hall–Kier alpha value is -2.10. The number of ketones is 1.